The van der Waals surface area contributed by atoms with Gasteiger partial charge in [-0.1, -0.05) is 36.4 Å². The number of aliphatic carboxylic acids is 2. The molecule has 0 aliphatic heterocycles. The van der Waals surface area contributed by atoms with Crippen LogP contribution < -0.4 is 9.47 Å². The molecule has 2 N–H and O–H groups in total. The molecule has 0 heterocycles. The van der Waals surface area contributed by atoms with Crippen molar-refractivity contribution in [3.8, 4) is 11.5 Å². The average molecular weight is 384 g/mol. The lowest BCUT2D eigenvalue weighted by Gasteiger charge is -2.48. The van der Waals surface area contributed by atoms with Gasteiger partial charge in [-0.15, -0.1) is 0 Å². The van der Waals surface area contributed by atoms with Crippen LogP contribution >= 0.6 is 0 Å². The largest absolute Gasteiger partial charge is 0.494 e. The highest BCUT2D eigenvalue weighted by molar-refractivity contribution is 5.84. The summed E-state index contributed by atoms with van der Waals surface area (Å²) >= 11 is 0. The normalized spacial score (nSPS) is 23.5. The first-order chi connectivity index (χ1) is 13.5. The number of para-hydroxylation sites is 2. The fourth-order valence-corrected chi connectivity index (χ4v) is 4.22. The highest BCUT2D eigenvalue weighted by Gasteiger charge is 2.60. The molecule has 0 spiro atoms. The summed E-state index contributed by atoms with van der Waals surface area (Å²) in [7, 11) is 0. The topological polar surface area (TPSA) is 93.1 Å². The van der Waals surface area contributed by atoms with Crippen LogP contribution in [0.2, 0.25) is 0 Å². The molecule has 148 valence electrons. The predicted molar refractivity (Wildman–Crippen MR) is 103 cm³/mol. The summed E-state index contributed by atoms with van der Waals surface area (Å²) in [6.45, 7) is 4.50. The molecular weight excluding hydrogens is 360 g/mol. The second-order valence-electron chi connectivity index (χ2n) is 6.72. The summed E-state index contributed by atoms with van der Waals surface area (Å²) in [5, 5.41) is 19.9. The maximum atomic E-state index is 12.2. The number of carboxylic acids is 2. The van der Waals surface area contributed by atoms with E-state index in [2.05, 4.69) is 0 Å². The second kappa shape index (κ2) is 8.33. The SMILES string of the molecule is CCOc1ccccc1C1C(C(=O)O)C(c2ccccc2OCC)C1C(=O)O. The Balaban J connectivity index is 2.09. The number of carboxylic acid groups (broad SMARTS) is 2. The van der Waals surface area contributed by atoms with Gasteiger partial charge in [0.15, 0.2) is 0 Å². The number of carbonyl (C=O) groups is 2. The van der Waals surface area contributed by atoms with Crippen LogP contribution in [-0.2, 0) is 9.59 Å². The molecule has 0 unspecified atom stereocenters. The van der Waals surface area contributed by atoms with E-state index in [-0.39, 0.29) is 0 Å². The summed E-state index contributed by atoms with van der Waals surface area (Å²) in [4.78, 5) is 24.4. The van der Waals surface area contributed by atoms with Crippen LogP contribution in [0.5, 0.6) is 11.5 Å². The Labute approximate surface area is 163 Å². The van der Waals surface area contributed by atoms with Crippen molar-refractivity contribution in [1.82, 2.24) is 0 Å². The van der Waals surface area contributed by atoms with Crippen LogP contribution in [0.3, 0.4) is 0 Å². The maximum Gasteiger partial charge on any atom is 0.307 e. The van der Waals surface area contributed by atoms with Crippen LogP contribution in [0.15, 0.2) is 48.5 Å². The van der Waals surface area contributed by atoms with Crippen molar-refractivity contribution in [1.29, 1.82) is 0 Å². The van der Waals surface area contributed by atoms with Gasteiger partial charge in [0.1, 0.15) is 11.5 Å². The molecule has 1 aliphatic rings. The molecule has 6 nitrogen and oxygen atoms in total. The maximum absolute atomic E-state index is 12.2. The molecular formula is C22H24O6. The van der Waals surface area contributed by atoms with Crippen LogP contribution in [0.25, 0.3) is 0 Å². The van der Waals surface area contributed by atoms with Gasteiger partial charge in [0.25, 0.3) is 0 Å². The number of benzene rings is 2. The molecule has 0 bridgehead atoms. The third-order valence-corrected chi connectivity index (χ3v) is 5.27. The van der Waals surface area contributed by atoms with Crippen molar-refractivity contribution in [3.05, 3.63) is 59.7 Å². The van der Waals surface area contributed by atoms with Crippen molar-refractivity contribution in [2.75, 3.05) is 13.2 Å². The summed E-state index contributed by atoms with van der Waals surface area (Å²) in [6.07, 6.45) is 0. The van der Waals surface area contributed by atoms with Crippen LogP contribution in [0.1, 0.15) is 36.8 Å². The van der Waals surface area contributed by atoms with Gasteiger partial charge < -0.3 is 19.7 Å². The summed E-state index contributed by atoms with van der Waals surface area (Å²) in [6, 6.07) is 14.1. The molecule has 0 amide bonds. The molecule has 2 aromatic carbocycles. The molecule has 0 aromatic heterocycles. The Hall–Kier alpha value is -3.02. The van der Waals surface area contributed by atoms with Crippen LogP contribution in [0.4, 0.5) is 0 Å². The van der Waals surface area contributed by atoms with E-state index < -0.39 is 35.6 Å². The summed E-state index contributed by atoms with van der Waals surface area (Å²) in [5.74, 6) is -4.12. The molecule has 0 atom stereocenters. The van der Waals surface area contributed by atoms with Crippen molar-refractivity contribution in [2.24, 2.45) is 11.8 Å². The number of hydrogen-bond donors (Lipinski definition) is 2. The molecule has 6 heteroatoms. The lowest BCUT2D eigenvalue weighted by molar-refractivity contribution is -0.160. The van der Waals surface area contributed by atoms with E-state index in [1.165, 1.54) is 0 Å². The molecule has 28 heavy (non-hydrogen) atoms. The Bertz CT molecular complexity index is 782. The van der Waals surface area contributed by atoms with E-state index >= 15 is 0 Å². The lowest BCUT2D eigenvalue weighted by Crippen LogP contribution is -2.51. The van der Waals surface area contributed by atoms with Crippen LogP contribution in [0, 0.1) is 11.8 Å². The minimum Gasteiger partial charge on any atom is -0.494 e. The van der Waals surface area contributed by atoms with Gasteiger partial charge in [-0.2, -0.15) is 0 Å². The van der Waals surface area contributed by atoms with Gasteiger partial charge in [-0.25, -0.2) is 0 Å². The highest BCUT2D eigenvalue weighted by Crippen LogP contribution is 2.60. The molecule has 0 saturated heterocycles. The number of rotatable bonds is 8. The molecule has 0 radical (unpaired) electrons. The Morgan fingerprint density at radius 3 is 1.43 bits per heavy atom. The van der Waals surface area contributed by atoms with Gasteiger partial charge in [0.05, 0.1) is 25.0 Å². The first-order valence-electron chi connectivity index (χ1n) is 9.40. The van der Waals surface area contributed by atoms with Crippen molar-refractivity contribution in [3.63, 3.8) is 0 Å². The van der Waals surface area contributed by atoms with Gasteiger partial charge in [0.2, 0.25) is 0 Å². The Kier molecular flexibility index (Phi) is 5.87. The van der Waals surface area contributed by atoms with E-state index in [1.807, 2.05) is 13.8 Å². The zero-order valence-corrected chi connectivity index (χ0v) is 15.9. The molecule has 1 fully saturated rings. The first-order valence-corrected chi connectivity index (χ1v) is 9.40. The fourth-order valence-electron chi connectivity index (χ4n) is 4.22. The molecule has 1 aliphatic carbocycles. The van der Waals surface area contributed by atoms with E-state index in [9.17, 15) is 19.8 Å². The monoisotopic (exact) mass is 384 g/mol. The first kappa shape index (κ1) is 19.7. The second-order valence-corrected chi connectivity index (χ2v) is 6.72. The average Bonchev–Trinajstić information content (AvgIpc) is 2.63. The smallest absolute Gasteiger partial charge is 0.307 e. The van der Waals surface area contributed by atoms with Gasteiger partial charge in [-0.3, -0.25) is 9.59 Å². The highest BCUT2D eigenvalue weighted by atomic mass is 16.5. The quantitative estimate of drug-likeness (QED) is 0.720. The summed E-state index contributed by atoms with van der Waals surface area (Å²) < 4.78 is 11.3. The zero-order chi connectivity index (χ0) is 20.3. The number of hydrogen-bond acceptors (Lipinski definition) is 4. The van der Waals surface area contributed by atoms with Crippen molar-refractivity contribution >= 4 is 11.9 Å². The number of ether oxygens (including phenoxy) is 2. The fraction of sp³-hybridized carbons (Fsp3) is 0.364. The third-order valence-electron chi connectivity index (χ3n) is 5.27. The summed E-state index contributed by atoms with van der Waals surface area (Å²) in [5.41, 5.74) is 1.24. The van der Waals surface area contributed by atoms with E-state index in [1.54, 1.807) is 48.5 Å². The van der Waals surface area contributed by atoms with E-state index in [0.29, 0.717) is 35.8 Å². The minimum absolute atomic E-state index is 0.413. The zero-order valence-electron chi connectivity index (χ0n) is 15.9. The predicted octanol–water partition coefficient (Wildman–Crippen LogP) is 3.77. The third kappa shape index (κ3) is 3.42. The van der Waals surface area contributed by atoms with Gasteiger partial charge in [-0.05, 0) is 37.1 Å². The van der Waals surface area contributed by atoms with Crippen molar-refractivity contribution in [2.45, 2.75) is 25.7 Å². The molecule has 1 saturated carbocycles. The van der Waals surface area contributed by atoms with E-state index in [4.69, 9.17) is 9.47 Å². The Morgan fingerprint density at radius 2 is 1.11 bits per heavy atom. The van der Waals surface area contributed by atoms with Gasteiger partial charge >= 0.3 is 11.9 Å². The van der Waals surface area contributed by atoms with Gasteiger partial charge in [0, 0.05) is 11.8 Å². The standard InChI is InChI=1S/C22H24O6/c1-3-27-15-11-7-5-9-13(15)17-19(21(23)24)18(20(17)22(25)26)14-10-6-8-12-16(14)28-4-2/h5-12,17-20H,3-4H2,1-2H3,(H,23,24)(H,25,26). The minimum atomic E-state index is -1.02. The van der Waals surface area contributed by atoms with Crippen LogP contribution in [-0.4, -0.2) is 35.4 Å². The molecule has 3 rings (SSSR count). The molecule has 2 aromatic rings. The lowest BCUT2D eigenvalue weighted by atomic mass is 9.52. The van der Waals surface area contributed by atoms with Crippen molar-refractivity contribution < 1.29 is 29.3 Å². The Morgan fingerprint density at radius 1 is 0.750 bits per heavy atom. The van der Waals surface area contributed by atoms with E-state index in [0.717, 1.165) is 0 Å².